The first-order valence-electron chi connectivity index (χ1n) is 6.51. The molecule has 0 radical (unpaired) electrons. The maximum absolute atomic E-state index is 11.0. The van der Waals surface area contributed by atoms with Gasteiger partial charge in [0.15, 0.2) is 0 Å². The van der Waals surface area contributed by atoms with Crippen LogP contribution < -0.4 is 0 Å². The molecule has 0 saturated heterocycles. The molecule has 0 saturated carbocycles. The number of aryl methyl sites for hydroxylation is 1. The summed E-state index contributed by atoms with van der Waals surface area (Å²) in [5.74, 6) is -0.138. The molecule has 2 aromatic rings. The molecule has 0 aliphatic rings. The average Bonchev–Trinajstić information content (AvgIpc) is 2.48. The van der Waals surface area contributed by atoms with Gasteiger partial charge in [-0.3, -0.25) is 4.79 Å². The van der Waals surface area contributed by atoms with Crippen molar-refractivity contribution in [3.63, 3.8) is 0 Å². The first-order chi connectivity index (χ1) is 9.29. The summed E-state index contributed by atoms with van der Waals surface area (Å²) in [5, 5.41) is 0. The van der Waals surface area contributed by atoms with Crippen molar-refractivity contribution in [3.8, 4) is 11.1 Å². The van der Waals surface area contributed by atoms with Crippen molar-refractivity contribution in [2.24, 2.45) is 0 Å². The van der Waals surface area contributed by atoms with E-state index in [1.165, 1.54) is 23.8 Å². The molecule has 0 amide bonds. The van der Waals surface area contributed by atoms with Gasteiger partial charge in [0.2, 0.25) is 0 Å². The summed E-state index contributed by atoms with van der Waals surface area (Å²) >= 11 is 0. The molecule has 2 heteroatoms. The summed E-state index contributed by atoms with van der Waals surface area (Å²) in [5.41, 5.74) is 3.70. The van der Waals surface area contributed by atoms with Gasteiger partial charge >= 0.3 is 5.97 Å². The molecule has 0 unspecified atom stereocenters. The molecule has 0 aromatic heterocycles. The highest BCUT2D eigenvalue weighted by Crippen LogP contribution is 2.19. The summed E-state index contributed by atoms with van der Waals surface area (Å²) in [4.78, 5) is 11.0. The highest BCUT2D eigenvalue weighted by atomic mass is 16.5. The topological polar surface area (TPSA) is 26.3 Å². The average molecular weight is 254 g/mol. The Labute approximate surface area is 114 Å². The predicted molar refractivity (Wildman–Crippen MR) is 76.8 cm³/mol. The smallest absolute Gasteiger partial charge is 0.305 e. The molecule has 0 aliphatic heterocycles. The third kappa shape index (κ3) is 3.95. The molecule has 0 aliphatic carbocycles. The Balaban J connectivity index is 1.94. The van der Waals surface area contributed by atoms with Crippen LogP contribution in [-0.4, -0.2) is 13.1 Å². The van der Waals surface area contributed by atoms with E-state index < -0.39 is 0 Å². The molecule has 0 spiro atoms. The number of benzene rings is 2. The SMILES string of the molecule is COC(=O)CCCc1ccc(-c2ccccc2)cc1. The summed E-state index contributed by atoms with van der Waals surface area (Å²) in [6.07, 6.45) is 2.22. The quantitative estimate of drug-likeness (QED) is 0.757. The summed E-state index contributed by atoms with van der Waals surface area (Å²) < 4.78 is 4.63. The predicted octanol–water partition coefficient (Wildman–Crippen LogP) is 3.85. The van der Waals surface area contributed by atoms with Gasteiger partial charge < -0.3 is 4.74 Å². The van der Waals surface area contributed by atoms with Crippen molar-refractivity contribution in [2.45, 2.75) is 19.3 Å². The van der Waals surface area contributed by atoms with E-state index in [1.807, 2.05) is 18.2 Å². The van der Waals surface area contributed by atoms with Crippen molar-refractivity contribution >= 4 is 5.97 Å². The zero-order chi connectivity index (χ0) is 13.5. The van der Waals surface area contributed by atoms with Gasteiger partial charge in [-0.15, -0.1) is 0 Å². The number of hydrogen-bond acceptors (Lipinski definition) is 2. The zero-order valence-electron chi connectivity index (χ0n) is 11.1. The van der Waals surface area contributed by atoms with Gasteiger partial charge in [-0.1, -0.05) is 54.6 Å². The zero-order valence-corrected chi connectivity index (χ0v) is 11.1. The number of carbonyl (C=O) groups is 1. The molecule has 0 bridgehead atoms. The lowest BCUT2D eigenvalue weighted by molar-refractivity contribution is -0.140. The Bertz CT molecular complexity index is 515. The molecule has 0 fully saturated rings. The van der Waals surface area contributed by atoms with Crippen molar-refractivity contribution < 1.29 is 9.53 Å². The highest BCUT2D eigenvalue weighted by Gasteiger charge is 2.01. The normalized spacial score (nSPS) is 10.2. The van der Waals surface area contributed by atoms with Gasteiger partial charge in [0.1, 0.15) is 0 Å². The summed E-state index contributed by atoms with van der Waals surface area (Å²) in [6.45, 7) is 0. The number of carbonyl (C=O) groups excluding carboxylic acids is 1. The second kappa shape index (κ2) is 6.74. The van der Waals surface area contributed by atoms with Crippen molar-refractivity contribution in [1.82, 2.24) is 0 Å². The molecule has 19 heavy (non-hydrogen) atoms. The molecule has 2 nitrogen and oxygen atoms in total. The van der Waals surface area contributed by atoms with E-state index in [4.69, 9.17) is 0 Å². The van der Waals surface area contributed by atoms with Crippen LogP contribution in [0.2, 0.25) is 0 Å². The molecule has 0 heterocycles. The molecule has 98 valence electrons. The van der Waals surface area contributed by atoms with Gasteiger partial charge in [-0.05, 0) is 29.5 Å². The minimum Gasteiger partial charge on any atom is -0.469 e. The van der Waals surface area contributed by atoms with E-state index in [9.17, 15) is 4.79 Å². The number of methoxy groups -OCH3 is 1. The van der Waals surface area contributed by atoms with Crippen molar-refractivity contribution in [1.29, 1.82) is 0 Å². The lowest BCUT2D eigenvalue weighted by atomic mass is 10.0. The van der Waals surface area contributed by atoms with E-state index in [2.05, 4.69) is 41.1 Å². The Morgan fingerprint density at radius 3 is 2.21 bits per heavy atom. The lowest BCUT2D eigenvalue weighted by Crippen LogP contribution is -2.00. The fourth-order valence-electron chi connectivity index (χ4n) is 2.03. The Hall–Kier alpha value is -2.09. The van der Waals surface area contributed by atoms with Crippen molar-refractivity contribution in [3.05, 3.63) is 60.2 Å². The van der Waals surface area contributed by atoms with Crippen LogP contribution in [0.3, 0.4) is 0 Å². The van der Waals surface area contributed by atoms with Crippen LogP contribution in [0.25, 0.3) is 11.1 Å². The first kappa shape index (κ1) is 13.3. The standard InChI is InChI=1S/C17H18O2/c1-19-17(18)9-5-6-14-10-12-16(13-11-14)15-7-3-2-4-8-15/h2-4,7-8,10-13H,5-6,9H2,1H3. The lowest BCUT2D eigenvalue weighted by Gasteiger charge is -2.04. The Kier molecular flexibility index (Phi) is 4.73. The second-order valence-corrected chi connectivity index (χ2v) is 4.49. The maximum atomic E-state index is 11.0. The molecule has 2 aromatic carbocycles. The molecular weight excluding hydrogens is 236 g/mol. The maximum Gasteiger partial charge on any atom is 0.305 e. The molecule has 0 N–H and O–H groups in total. The fourth-order valence-corrected chi connectivity index (χ4v) is 2.03. The van der Waals surface area contributed by atoms with Crippen LogP contribution >= 0.6 is 0 Å². The summed E-state index contributed by atoms with van der Waals surface area (Å²) in [7, 11) is 1.43. The number of ether oxygens (including phenoxy) is 1. The third-order valence-corrected chi connectivity index (χ3v) is 3.14. The van der Waals surface area contributed by atoms with Crippen LogP contribution in [0.1, 0.15) is 18.4 Å². The van der Waals surface area contributed by atoms with Gasteiger partial charge in [-0.25, -0.2) is 0 Å². The van der Waals surface area contributed by atoms with Gasteiger partial charge in [-0.2, -0.15) is 0 Å². The second-order valence-electron chi connectivity index (χ2n) is 4.49. The molecule has 2 rings (SSSR count). The Morgan fingerprint density at radius 2 is 1.58 bits per heavy atom. The monoisotopic (exact) mass is 254 g/mol. The number of hydrogen-bond donors (Lipinski definition) is 0. The van der Waals surface area contributed by atoms with E-state index in [-0.39, 0.29) is 5.97 Å². The minimum absolute atomic E-state index is 0.138. The van der Waals surface area contributed by atoms with Crippen LogP contribution in [0.5, 0.6) is 0 Å². The van der Waals surface area contributed by atoms with E-state index >= 15 is 0 Å². The fraction of sp³-hybridized carbons (Fsp3) is 0.235. The van der Waals surface area contributed by atoms with E-state index in [0.717, 1.165) is 12.8 Å². The number of esters is 1. The largest absolute Gasteiger partial charge is 0.469 e. The minimum atomic E-state index is -0.138. The Morgan fingerprint density at radius 1 is 0.947 bits per heavy atom. The highest BCUT2D eigenvalue weighted by molar-refractivity contribution is 5.69. The van der Waals surface area contributed by atoms with Crippen LogP contribution in [0, 0.1) is 0 Å². The van der Waals surface area contributed by atoms with Crippen LogP contribution in [-0.2, 0) is 16.0 Å². The van der Waals surface area contributed by atoms with Gasteiger partial charge in [0, 0.05) is 6.42 Å². The van der Waals surface area contributed by atoms with E-state index in [1.54, 1.807) is 0 Å². The van der Waals surface area contributed by atoms with Crippen molar-refractivity contribution in [2.75, 3.05) is 7.11 Å². The third-order valence-electron chi connectivity index (χ3n) is 3.14. The number of rotatable bonds is 5. The molecule has 0 atom stereocenters. The summed E-state index contributed by atoms with van der Waals surface area (Å²) in [6, 6.07) is 18.8. The van der Waals surface area contributed by atoms with E-state index in [0.29, 0.717) is 6.42 Å². The van der Waals surface area contributed by atoms with Crippen LogP contribution in [0.15, 0.2) is 54.6 Å². The van der Waals surface area contributed by atoms with Crippen LogP contribution in [0.4, 0.5) is 0 Å². The van der Waals surface area contributed by atoms with Gasteiger partial charge in [0.25, 0.3) is 0 Å². The first-order valence-corrected chi connectivity index (χ1v) is 6.51. The van der Waals surface area contributed by atoms with Gasteiger partial charge in [0.05, 0.1) is 7.11 Å². The molecular formula is C17H18O2.